The standard InChI is InChI=1S/C13H24N2O/c1-13(2,9-14)12(16)15-8-4-6-10-5-3-7-11(10)15/h10-11H,3-9,14H2,1-2H3. The van der Waals surface area contributed by atoms with Gasteiger partial charge in [0.1, 0.15) is 0 Å². The first-order valence-electron chi connectivity index (χ1n) is 6.57. The second-order valence-corrected chi connectivity index (χ2v) is 5.99. The maximum absolute atomic E-state index is 12.4. The van der Waals surface area contributed by atoms with Gasteiger partial charge in [0.15, 0.2) is 0 Å². The number of hydrogen-bond donors (Lipinski definition) is 1. The Morgan fingerprint density at radius 1 is 1.31 bits per heavy atom. The average Bonchev–Trinajstić information content (AvgIpc) is 2.75. The van der Waals surface area contributed by atoms with Gasteiger partial charge in [-0.2, -0.15) is 0 Å². The van der Waals surface area contributed by atoms with Crippen LogP contribution in [0.3, 0.4) is 0 Å². The summed E-state index contributed by atoms with van der Waals surface area (Å²) < 4.78 is 0. The summed E-state index contributed by atoms with van der Waals surface area (Å²) in [6.45, 7) is 5.32. The first kappa shape index (κ1) is 11.9. The number of fused-ring (bicyclic) bond motifs is 1. The van der Waals surface area contributed by atoms with Crippen LogP contribution in [0.2, 0.25) is 0 Å². The molecule has 2 fully saturated rings. The Morgan fingerprint density at radius 3 is 2.69 bits per heavy atom. The maximum atomic E-state index is 12.4. The Balaban J connectivity index is 2.11. The number of likely N-dealkylation sites (tertiary alicyclic amines) is 1. The highest BCUT2D eigenvalue weighted by atomic mass is 16.2. The Bertz CT molecular complexity index is 275. The number of hydrogen-bond acceptors (Lipinski definition) is 2. The van der Waals surface area contributed by atoms with E-state index in [0.717, 1.165) is 12.5 Å². The van der Waals surface area contributed by atoms with Gasteiger partial charge in [0.25, 0.3) is 0 Å². The first-order chi connectivity index (χ1) is 7.56. The van der Waals surface area contributed by atoms with Gasteiger partial charge in [0, 0.05) is 19.1 Å². The molecule has 2 atom stereocenters. The molecule has 0 aromatic heterocycles. The van der Waals surface area contributed by atoms with Crippen molar-refractivity contribution in [2.24, 2.45) is 17.1 Å². The van der Waals surface area contributed by atoms with E-state index >= 15 is 0 Å². The quantitative estimate of drug-likeness (QED) is 0.777. The fourth-order valence-electron chi connectivity index (χ4n) is 3.18. The molecule has 0 aromatic carbocycles. The molecule has 0 spiro atoms. The first-order valence-corrected chi connectivity index (χ1v) is 6.57. The molecule has 2 N–H and O–H groups in total. The van der Waals surface area contributed by atoms with E-state index in [1.807, 2.05) is 13.8 Å². The molecular formula is C13H24N2O. The van der Waals surface area contributed by atoms with Gasteiger partial charge >= 0.3 is 0 Å². The Hall–Kier alpha value is -0.570. The Labute approximate surface area is 98.4 Å². The van der Waals surface area contributed by atoms with Crippen LogP contribution in [0.15, 0.2) is 0 Å². The molecule has 3 nitrogen and oxygen atoms in total. The summed E-state index contributed by atoms with van der Waals surface area (Å²) in [5.41, 5.74) is 5.32. The van der Waals surface area contributed by atoms with Crippen LogP contribution < -0.4 is 5.73 Å². The van der Waals surface area contributed by atoms with Crippen molar-refractivity contribution in [3.8, 4) is 0 Å². The number of amides is 1. The molecule has 1 saturated heterocycles. The van der Waals surface area contributed by atoms with Gasteiger partial charge in [0.05, 0.1) is 5.41 Å². The summed E-state index contributed by atoms with van der Waals surface area (Å²) in [7, 11) is 0. The third-order valence-electron chi connectivity index (χ3n) is 4.34. The van der Waals surface area contributed by atoms with Crippen LogP contribution in [0, 0.1) is 11.3 Å². The van der Waals surface area contributed by atoms with Crippen molar-refractivity contribution < 1.29 is 4.79 Å². The molecule has 0 bridgehead atoms. The molecule has 2 unspecified atom stereocenters. The molecule has 0 radical (unpaired) electrons. The van der Waals surface area contributed by atoms with Crippen molar-refractivity contribution in [1.82, 2.24) is 4.90 Å². The minimum Gasteiger partial charge on any atom is -0.339 e. The average molecular weight is 224 g/mol. The van der Waals surface area contributed by atoms with Crippen LogP contribution >= 0.6 is 0 Å². The molecule has 2 rings (SSSR count). The molecule has 1 heterocycles. The summed E-state index contributed by atoms with van der Waals surface area (Å²) in [6.07, 6.45) is 6.31. The zero-order valence-electron chi connectivity index (χ0n) is 10.5. The smallest absolute Gasteiger partial charge is 0.229 e. The highest BCUT2D eigenvalue weighted by Gasteiger charge is 2.41. The van der Waals surface area contributed by atoms with E-state index in [9.17, 15) is 4.79 Å². The van der Waals surface area contributed by atoms with Crippen molar-refractivity contribution >= 4 is 5.91 Å². The molecule has 1 saturated carbocycles. The predicted octanol–water partition coefficient (Wildman–Crippen LogP) is 1.76. The number of carbonyl (C=O) groups excluding carboxylic acids is 1. The van der Waals surface area contributed by atoms with E-state index in [0.29, 0.717) is 12.6 Å². The molecule has 1 amide bonds. The summed E-state index contributed by atoms with van der Waals surface area (Å²) in [5, 5.41) is 0. The Morgan fingerprint density at radius 2 is 2.00 bits per heavy atom. The monoisotopic (exact) mass is 224 g/mol. The van der Waals surface area contributed by atoms with Gasteiger partial charge in [-0.3, -0.25) is 4.79 Å². The van der Waals surface area contributed by atoms with Crippen molar-refractivity contribution in [2.45, 2.75) is 52.0 Å². The number of carbonyl (C=O) groups is 1. The summed E-state index contributed by atoms with van der Waals surface area (Å²) in [5.74, 6) is 1.04. The van der Waals surface area contributed by atoms with Crippen LogP contribution in [-0.2, 0) is 4.79 Å². The fourth-order valence-corrected chi connectivity index (χ4v) is 3.18. The molecule has 0 aromatic rings. The zero-order chi connectivity index (χ0) is 11.8. The van der Waals surface area contributed by atoms with Gasteiger partial charge in [-0.1, -0.05) is 6.42 Å². The summed E-state index contributed by atoms with van der Waals surface area (Å²) >= 11 is 0. The lowest BCUT2D eigenvalue weighted by atomic mass is 9.86. The Kier molecular flexibility index (Phi) is 3.24. The molecule has 1 aliphatic carbocycles. The van der Waals surface area contributed by atoms with E-state index in [4.69, 9.17) is 5.73 Å². The van der Waals surface area contributed by atoms with Crippen LogP contribution in [0.5, 0.6) is 0 Å². The largest absolute Gasteiger partial charge is 0.339 e. The highest BCUT2D eigenvalue weighted by Crippen LogP contribution is 2.38. The molecule has 1 aliphatic heterocycles. The highest BCUT2D eigenvalue weighted by molar-refractivity contribution is 5.82. The minimum absolute atomic E-state index is 0.270. The SMILES string of the molecule is CC(C)(CN)C(=O)N1CCCC2CCCC21. The molecule has 92 valence electrons. The number of nitrogens with two attached hydrogens (primary N) is 1. The van der Waals surface area contributed by atoms with Gasteiger partial charge in [-0.15, -0.1) is 0 Å². The molecule has 2 aliphatic rings. The van der Waals surface area contributed by atoms with Gasteiger partial charge in [0.2, 0.25) is 5.91 Å². The topological polar surface area (TPSA) is 46.3 Å². The van der Waals surface area contributed by atoms with Crippen LogP contribution in [0.1, 0.15) is 46.0 Å². The molecule has 16 heavy (non-hydrogen) atoms. The van der Waals surface area contributed by atoms with Gasteiger partial charge < -0.3 is 10.6 Å². The number of rotatable bonds is 2. The van der Waals surface area contributed by atoms with Crippen LogP contribution in [-0.4, -0.2) is 29.9 Å². The lowest BCUT2D eigenvalue weighted by molar-refractivity contribution is -0.144. The second kappa shape index (κ2) is 4.36. The lowest BCUT2D eigenvalue weighted by Crippen LogP contribution is -2.52. The minimum atomic E-state index is -0.384. The molecule has 3 heteroatoms. The van der Waals surface area contributed by atoms with Crippen molar-refractivity contribution in [1.29, 1.82) is 0 Å². The predicted molar refractivity (Wildman–Crippen MR) is 64.9 cm³/mol. The van der Waals surface area contributed by atoms with E-state index in [-0.39, 0.29) is 11.3 Å². The van der Waals surface area contributed by atoms with Gasteiger partial charge in [-0.05, 0) is 45.4 Å². The van der Waals surface area contributed by atoms with E-state index in [2.05, 4.69) is 4.90 Å². The summed E-state index contributed by atoms with van der Waals surface area (Å²) in [6, 6.07) is 0.520. The zero-order valence-corrected chi connectivity index (χ0v) is 10.5. The third-order valence-corrected chi connectivity index (χ3v) is 4.34. The second-order valence-electron chi connectivity index (χ2n) is 5.99. The number of piperidine rings is 1. The lowest BCUT2D eigenvalue weighted by Gasteiger charge is -2.41. The summed E-state index contributed by atoms with van der Waals surface area (Å²) in [4.78, 5) is 14.6. The van der Waals surface area contributed by atoms with Crippen LogP contribution in [0.25, 0.3) is 0 Å². The van der Waals surface area contributed by atoms with Crippen LogP contribution in [0.4, 0.5) is 0 Å². The molecular weight excluding hydrogens is 200 g/mol. The van der Waals surface area contributed by atoms with Crippen molar-refractivity contribution in [3.63, 3.8) is 0 Å². The fraction of sp³-hybridized carbons (Fsp3) is 0.923. The van der Waals surface area contributed by atoms with Gasteiger partial charge in [-0.25, -0.2) is 0 Å². The third kappa shape index (κ3) is 1.97. The maximum Gasteiger partial charge on any atom is 0.229 e. The normalized spacial score (nSPS) is 30.3. The van der Waals surface area contributed by atoms with E-state index in [1.165, 1.54) is 32.1 Å². The van der Waals surface area contributed by atoms with E-state index < -0.39 is 0 Å². The van der Waals surface area contributed by atoms with E-state index in [1.54, 1.807) is 0 Å². The number of nitrogens with zero attached hydrogens (tertiary/aromatic N) is 1. The van der Waals surface area contributed by atoms with Crippen molar-refractivity contribution in [2.75, 3.05) is 13.1 Å². The van der Waals surface area contributed by atoms with Crippen molar-refractivity contribution in [3.05, 3.63) is 0 Å².